The van der Waals surface area contributed by atoms with Crippen LogP contribution in [0.25, 0.3) is 10.1 Å². The molecule has 0 radical (unpaired) electrons. The molecule has 3 heterocycles. The lowest BCUT2D eigenvalue weighted by Gasteiger charge is -2.65. The van der Waals surface area contributed by atoms with E-state index in [2.05, 4.69) is 249 Å². The van der Waals surface area contributed by atoms with Gasteiger partial charge in [-0.15, -0.1) is 11.3 Å². The van der Waals surface area contributed by atoms with Crippen molar-refractivity contribution in [2.75, 3.05) is 9.80 Å². The van der Waals surface area contributed by atoms with Crippen molar-refractivity contribution in [1.82, 2.24) is 0 Å². The van der Waals surface area contributed by atoms with Crippen LogP contribution in [0.1, 0.15) is 259 Å². The summed E-state index contributed by atoms with van der Waals surface area (Å²) in [5.41, 5.74) is 16.8. The highest BCUT2D eigenvalue weighted by Gasteiger charge is 2.63. The van der Waals surface area contributed by atoms with E-state index in [4.69, 9.17) is 0 Å². The standard InChI is InChI=1S/C76H103BN2S/c1-66(2,3)48-25-28-53(29-26-48)79-61-44-52(74-34-31-47(32-35-74)33-36-74)43-60-63(61)77(65-64(79)55-42-49(67(4,5)6)27-30-62(55)80-65)58-45-56-57(46-59(58)78(60)54-40-50(68(7,8)9)39-51(41-54)69(10,11)12)76(72(19,20)21,73(22,23)24)38-37-75(56,70(13,14)15)71(16,17)18/h25-30,39-47H,31-38H2,1-24H3/i43D,44D. The van der Waals surface area contributed by atoms with Gasteiger partial charge >= 0.3 is 0 Å². The van der Waals surface area contributed by atoms with E-state index in [0.29, 0.717) is 12.1 Å². The Morgan fingerprint density at radius 2 is 0.912 bits per heavy atom. The second-order valence-electron chi connectivity index (χ2n) is 34.7. The van der Waals surface area contributed by atoms with Gasteiger partial charge in [-0.1, -0.05) is 197 Å². The molecule has 2 nitrogen and oxygen atoms in total. The van der Waals surface area contributed by atoms with Gasteiger partial charge in [-0.05, 0) is 210 Å². The Hall–Kier alpha value is -4.28. The molecule has 12 rings (SSSR count). The summed E-state index contributed by atoms with van der Waals surface area (Å²) in [6.07, 6.45) is 8.81. The van der Waals surface area contributed by atoms with Gasteiger partial charge in [-0.3, -0.25) is 0 Å². The molecule has 4 heteroatoms. The van der Waals surface area contributed by atoms with Gasteiger partial charge in [0.15, 0.2) is 0 Å². The lowest BCUT2D eigenvalue weighted by molar-refractivity contribution is -0.0310. The summed E-state index contributed by atoms with van der Waals surface area (Å²) in [7, 11) is 0. The van der Waals surface area contributed by atoms with Crippen molar-refractivity contribution < 1.29 is 2.74 Å². The average molecular weight is 1090 g/mol. The fourth-order valence-electron chi connectivity index (χ4n) is 17.7. The summed E-state index contributed by atoms with van der Waals surface area (Å²) in [6.45, 7) is 58.4. The molecule has 5 aromatic carbocycles. The molecule has 0 saturated heterocycles. The van der Waals surface area contributed by atoms with Crippen molar-refractivity contribution in [2.45, 2.75) is 255 Å². The molecule has 4 aliphatic carbocycles. The Balaban J connectivity index is 1.42. The molecular formula is C76H103BN2S. The molecule has 426 valence electrons. The van der Waals surface area contributed by atoms with E-state index in [-0.39, 0.29) is 66.3 Å². The van der Waals surface area contributed by atoms with E-state index in [1.165, 1.54) is 84.3 Å². The highest BCUT2D eigenvalue weighted by atomic mass is 32.1. The first-order valence-corrected chi connectivity index (χ1v) is 32.1. The monoisotopic (exact) mass is 1090 g/mol. The van der Waals surface area contributed by atoms with Crippen LogP contribution in [0.3, 0.4) is 0 Å². The molecule has 6 aliphatic rings. The normalized spacial score (nSPS) is 21.5. The predicted octanol–water partition coefficient (Wildman–Crippen LogP) is 20.8. The first kappa shape index (κ1) is 54.9. The minimum Gasteiger partial charge on any atom is -0.311 e. The fraction of sp³-hybridized carbons (Fsp3) is 0.579. The molecule has 0 atom stereocenters. The number of thiophene rings is 1. The van der Waals surface area contributed by atoms with E-state index in [1.807, 2.05) is 11.3 Å². The SMILES string of the molecule is [2H]c1c2c3c(c([2H])c1C14CCC(CC1)CC4)N(c1ccc(C(C)(C)C)cc1)c1c(sc4ccc(C(C)(C)C)cc14)B3c1cc3c(cc1N2c1cc(C(C)(C)C)cc(C(C)(C)C)c1)C(C(C)(C)C)(C(C)(C)C)CCC3(C(C)(C)C)C(C)(C)C. The minimum absolute atomic E-state index is 0.0319. The minimum atomic E-state index is -0.250. The summed E-state index contributed by atoms with van der Waals surface area (Å²) in [5.74, 6) is 0.741. The van der Waals surface area contributed by atoms with Crippen molar-refractivity contribution in [1.29, 1.82) is 0 Å². The molecule has 2 bridgehead atoms. The van der Waals surface area contributed by atoms with Gasteiger partial charge < -0.3 is 9.80 Å². The van der Waals surface area contributed by atoms with Gasteiger partial charge in [0.1, 0.15) is 0 Å². The van der Waals surface area contributed by atoms with Crippen LogP contribution >= 0.6 is 11.3 Å². The highest BCUT2D eigenvalue weighted by molar-refractivity contribution is 7.33. The zero-order chi connectivity index (χ0) is 60.2. The Bertz CT molecular complexity index is 3470. The smallest absolute Gasteiger partial charge is 0.264 e. The third-order valence-corrected chi connectivity index (χ3v) is 23.2. The molecule has 6 aromatic rings. The molecule has 3 fully saturated rings. The number of fused-ring (bicyclic) bond motifs is 10. The van der Waals surface area contributed by atoms with Gasteiger partial charge in [0.2, 0.25) is 0 Å². The van der Waals surface area contributed by atoms with Crippen LogP contribution in [0.2, 0.25) is 0 Å². The molecule has 2 aliphatic heterocycles. The highest BCUT2D eigenvalue weighted by Crippen LogP contribution is 2.69. The molecule has 1 aromatic heterocycles. The second-order valence-corrected chi connectivity index (χ2v) is 35.8. The van der Waals surface area contributed by atoms with Crippen LogP contribution < -0.4 is 25.5 Å². The number of benzene rings is 5. The zero-order valence-electron chi connectivity index (χ0n) is 56.5. The van der Waals surface area contributed by atoms with Gasteiger partial charge in [0.05, 0.1) is 8.43 Å². The van der Waals surface area contributed by atoms with Crippen LogP contribution in [0.5, 0.6) is 0 Å². The molecule has 0 unspecified atom stereocenters. The van der Waals surface area contributed by atoms with Crippen molar-refractivity contribution in [3.05, 3.63) is 124 Å². The summed E-state index contributed by atoms with van der Waals surface area (Å²) < 4.78 is 25.5. The number of rotatable bonds is 3. The molecule has 3 saturated carbocycles. The lowest BCUT2D eigenvalue weighted by atomic mass is 9.34. The predicted molar refractivity (Wildman–Crippen MR) is 354 cm³/mol. The van der Waals surface area contributed by atoms with Crippen LogP contribution in [0.15, 0.2) is 84.9 Å². The van der Waals surface area contributed by atoms with Gasteiger partial charge in [0, 0.05) is 54.1 Å². The summed E-state index contributed by atoms with van der Waals surface area (Å²) in [5, 5.41) is 1.26. The Labute approximate surface area is 494 Å². The van der Waals surface area contributed by atoms with Crippen molar-refractivity contribution in [3.63, 3.8) is 0 Å². The van der Waals surface area contributed by atoms with E-state index >= 15 is 0 Å². The molecular weight excluding hydrogens is 984 g/mol. The summed E-state index contributed by atoms with van der Waals surface area (Å²) >= 11 is 1.96. The van der Waals surface area contributed by atoms with E-state index in [0.717, 1.165) is 71.8 Å². The quantitative estimate of drug-likeness (QED) is 0.163. The van der Waals surface area contributed by atoms with Crippen LogP contribution in [-0.2, 0) is 37.9 Å². The fourth-order valence-corrected chi connectivity index (χ4v) is 19.0. The third kappa shape index (κ3) is 8.54. The van der Waals surface area contributed by atoms with Crippen molar-refractivity contribution in [3.8, 4) is 0 Å². The average Bonchev–Trinajstić information content (AvgIpc) is 0.953. The Morgan fingerprint density at radius 3 is 1.38 bits per heavy atom. The number of nitrogens with zero attached hydrogens (tertiary/aromatic N) is 2. The molecule has 0 amide bonds. The summed E-state index contributed by atoms with van der Waals surface area (Å²) in [4.78, 5) is 5.23. The second kappa shape index (κ2) is 17.9. The van der Waals surface area contributed by atoms with Crippen molar-refractivity contribution >= 4 is 78.0 Å². The van der Waals surface area contributed by atoms with Crippen molar-refractivity contribution in [2.24, 2.45) is 27.6 Å². The maximum Gasteiger partial charge on any atom is 0.264 e. The summed E-state index contributed by atoms with van der Waals surface area (Å²) in [6, 6.07) is 30.9. The van der Waals surface area contributed by atoms with Crippen LogP contribution in [0, 0.1) is 27.6 Å². The molecule has 0 N–H and O–H groups in total. The topological polar surface area (TPSA) is 6.48 Å². The zero-order valence-corrected chi connectivity index (χ0v) is 55.4. The van der Waals surface area contributed by atoms with Crippen LogP contribution in [0.4, 0.5) is 34.1 Å². The van der Waals surface area contributed by atoms with Gasteiger partial charge in [-0.25, -0.2) is 0 Å². The van der Waals surface area contributed by atoms with Gasteiger partial charge in [0.25, 0.3) is 6.71 Å². The lowest BCUT2D eigenvalue weighted by Crippen LogP contribution is -2.63. The Morgan fingerprint density at radius 1 is 0.463 bits per heavy atom. The number of hydrogen-bond donors (Lipinski definition) is 0. The number of anilines is 6. The molecule has 80 heavy (non-hydrogen) atoms. The first-order valence-electron chi connectivity index (χ1n) is 32.3. The van der Waals surface area contributed by atoms with E-state index in [1.54, 1.807) is 0 Å². The maximum atomic E-state index is 11.5. The van der Waals surface area contributed by atoms with Gasteiger partial charge in [-0.2, -0.15) is 0 Å². The van der Waals surface area contributed by atoms with Crippen LogP contribution in [-0.4, -0.2) is 6.71 Å². The molecule has 0 spiro atoms. The number of hydrogen-bond acceptors (Lipinski definition) is 3. The largest absolute Gasteiger partial charge is 0.311 e. The first-order chi connectivity index (χ1) is 37.5. The van der Waals surface area contributed by atoms with E-state index < -0.39 is 0 Å². The third-order valence-electron chi connectivity index (χ3n) is 21.9. The Kier molecular flexibility index (Phi) is 12.3. The maximum absolute atomic E-state index is 11.5. The van der Waals surface area contributed by atoms with E-state index in [9.17, 15) is 2.74 Å².